The van der Waals surface area contributed by atoms with Crippen LogP contribution in [0.3, 0.4) is 0 Å². The molecule has 1 aromatic carbocycles. The van der Waals surface area contributed by atoms with Crippen LogP contribution in [0.25, 0.3) is 0 Å². The number of hydrogen-bond acceptors (Lipinski definition) is 4. The Morgan fingerprint density at radius 2 is 1.86 bits per heavy atom. The van der Waals surface area contributed by atoms with Gasteiger partial charge in [-0.15, -0.1) is 0 Å². The van der Waals surface area contributed by atoms with Crippen molar-refractivity contribution in [2.75, 3.05) is 14.2 Å². The van der Waals surface area contributed by atoms with Gasteiger partial charge in [0, 0.05) is 0 Å². The smallest absolute Gasteiger partial charge is 0.203 e. The molecule has 2 N–H and O–H groups in total. The average molecular weight is 198 g/mol. The Morgan fingerprint density at radius 1 is 1.21 bits per heavy atom. The van der Waals surface area contributed by atoms with Crippen molar-refractivity contribution in [2.45, 2.75) is 13.0 Å². The summed E-state index contributed by atoms with van der Waals surface area (Å²) >= 11 is 0. The summed E-state index contributed by atoms with van der Waals surface area (Å²) in [5.41, 5.74) is 0.583. The third kappa shape index (κ3) is 1.90. The van der Waals surface area contributed by atoms with E-state index >= 15 is 0 Å². The fraction of sp³-hybridized carbons (Fsp3) is 0.400. The molecule has 0 fully saturated rings. The van der Waals surface area contributed by atoms with Crippen LogP contribution < -0.4 is 9.47 Å². The third-order valence-electron chi connectivity index (χ3n) is 1.96. The number of aromatic hydroxyl groups is 1. The topological polar surface area (TPSA) is 58.9 Å². The van der Waals surface area contributed by atoms with E-state index in [1.807, 2.05) is 0 Å². The molecule has 0 amide bonds. The first-order chi connectivity index (χ1) is 6.60. The molecule has 0 saturated carbocycles. The van der Waals surface area contributed by atoms with Gasteiger partial charge >= 0.3 is 0 Å². The Bertz CT molecular complexity index is 320. The largest absolute Gasteiger partial charge is 0.504 e. The maximum absolute atomic E-state index is 9.54. The van der Waals surface area contributed by atoms with Gasteiger partial charge in [-0.2, -0.15) is 0 Å². The predicted molar refractivity (Wildman–Crippen MR) is 51.8 cm³/mol. The minimum atomic E-state index is -0.652. The summed E-state index contributed by atoms with van der Waals surface area (Å²) in [4.78, 5) is 0. The van der Waals surface area contributed by atoms with E-state index in [4.69, 9.17) is 9.47 Å². The molecule has 4 nitrogen and oxygen atoms in total. The van der Waals surface area contributed by atoms with E-state index in [9.17, 15) is 10.2 Å². The van der Waals surface area contributed by atoms with Gasteiger partial charge in [0.25, 0.3) is 0 Å². The van der Waals surface area contributed by atoms with Gasteiger partial charge in [0.1, 0.15) is 0 Å². The van der Waals surface area contributed by atoms with Crippen LogP contribution in [-0.2, 0) is 0 Å². The molecule has 1 aromatic rings. The summed E-state index contributed by atoms with van der Waals surface area (Å²) in [6.07, 6.45) is -0.652. The first-order valence-electron chi connectivity index (χ1n) is 4.23. The summed E-state index contributed by atoms with van der Waals surface area (Å²) in [5.74, 6) is 0.642. The molecule has 1 unspecified atom stereocenters. The predicted octanol–water partition coefficient (Wildman–Crippen LogP) is 1.46. The number of phenols is 1. The molecule has 0 aromatic heterocycles. The Kier molecular flexibility index (Phi) is 3.19. The van der Waals surface area contributed by atoms with Crippen molar-refractivity contribution < 1.29 is 19.7 Å². The van der Waals surface area contributed by atoms with Gasteiger partial charge in [-0.1, -0.05) is 0 Å². The number of ether oxygens (including phenoxy) is 2. The second-order valence-corrected chi connectivity index (χ2v) is 2.95. The molecule has 1 rings (SSSR count). The monoisotopic (exact) mass is 198 g/mol. The summed E-state index contributed by atoms with van der Waals surface area (Å²) < 4.78 is 9.96. The Labute approximate surface area is 82.7 Å². The molecule has 0 spiro atoms. The second kappa shape index (κ2) is 4.19. The minimum Gasteiger partial charge on any atom is -0.504 e. The number of methoxy groups -OCH3 is 2. The third-order valence-corrected chi connectivity index (χ3v) is 1.96. The van der Waals surface area contributed by atoms with Crippen molar-refractivity contribution in [3.05, 3.63) is 17.7 Å². The summed E-state index contributed by atoms with van der Waals surface area (Å²) in [7, 11) is 2.92. The van der Waals surface area contributed by atoms with Gasteiger partial charge in [0.2, 0.25) is 5.75 Å². The number of phenolic OH excluding ortho intramolecular Hbond substituents is 1. The van der Waals surface area contributed by atoms with Gasteiger partial charge in [0.05, 0.1) is 20.3 Å². The van der Waals surface area contributed by atoms with Gasteiger partial charge in [0.15, 0.2) is 11.5 Å². The van der Waals surface area contributed by atoms with Crippen LogP contribution in [0.4, 0.5) is 0 Å². The summed E-state index contributed by atoms with van der Waals surface area (Å²) in [6.45, 7) is 1.61. The number of aliphatic hydroxyl groups excluding tert-OH is 1. The molecule has 0 radical (unpaired) electrons. The highest BCUT2D eigenvalue weighted by atomic mass is 16.5. The average Bonchev–Trinajstić information content (AvgIpc) is 2.16. The van der Waals surface area contributed by atoms with E-state index in [1.165, 1.54) is 20.3 Å². The van der Waals surface area contributed by atoms with Gasteiger partial charge in [-0.3, -0.25) is 0 Å². The molecule has 78 valence electrons. The Hall–Kier alpha value is -1.42. The highest BCUT2D eigenvalue weighted by molar-refractivity contribution is 5.53. The van der Waals surface area contributed by atoms with Gasteiger partial charge < -0.3 is 19.7 Å². The number of hydrogen-bond donors (Lipinski definition) is 2. The first-order valence-corrected chi connectivity index (χ1v) is 4.23. The van der Waals surface area contributed by atoms with Crippen LogP contribution in [0.5, 0.6) is 17.2 Å². The number of benzene rings is 1. The zero-order valence-electron chi connectivity index (χ0n) is 8.44. The fourth-order valence-corrected chi connectivity index (χ4v) is 1.21. The van der Waals surface area contributed by atoms with Crippen LogP contribution in [0.2, 0.25) is 0 Å². The first kappa shape index (κ1) is 10.7. The summed E-state index contributed by atoms with van der Waals surface area (Å²) in [6, 6.07) is 3.08. The number of rotatable bonds is 3. The van der Waals surface area contributed by atoms with Crippen LogP contribution in [0, 0.1) is 0 Å². The van der Waals surface area contributed by atoms with E-state index in [-0.39, 0.29) is 11.5 Å². The summed E-state index contributed by atoms with van der Waals surface area (Å²) in [5, 5.41) is 18.9. The van der Waals surface area contributed by atoms with Crippen LogP contribution in [-0.4, -0.2) is 24.4 Å². The molecule has 0 aliphatic carbocycles. The van der Waals surface area contributed by atoms with E-state index in [0.29, 0.717) is 11.3 Å². The van der Waals surface area contributed by atoms with Gasteiger partial charge in [-0.05, 0) is 24.6 Å². The van der Waals surface area contributed by atoms with Crippen molar-refractivity contribution in [1.82, 2.24) is 0 Å². The molecule has 1 atom stereocenters. The normalized spacial score (nSPS) is 12.3. The molecule has 0 aliphatic rings. The molecular weight excluding hydrogens is 184 g/mol. The Morgan fingerprint density at radius 3 is 2.29 bits per heavy atom. The van der Waals surface area contributed by atoms with Crippen molar-refractivity contribution >= 4 is 0 Å². The van der Waals surface area contributed by atoms with Gasteiger partial charge in [-0.25, -0.2) is 0 Å². The highest BCUT2D eigenvalue weighted by Gasteiger charge is 2.13. The van der Waals surface area contributed by atoms with Crippen molar-refractivity contribution in [1.29, 1.82) is 0 Å². The quantitative estimate of drug-likeness (QED) is 0.772. The lowest BCUT2D eigenvalue weighted by Crippen LogP contribution is -1.96. The van der Waals surface area contributed by atoms with E-state index in [0.717, 1.165) is 0 Å². The minimum absolute atomic E-state index is 0.0391. The van der Waals surface area contributed by atoms with E-state index in [2.05, 4.69) is 0 Å². The Balaban J connectivity index is 3.24. The molecule has 0 heterocycles. The standard InChI is InChI=1S/C10H14O4/c1-6(11)7-4-8(12)10(14-3)9(5-7)13-2/h4-6,11-12H,1-3H3. The lowest BCUT2D eigenvalue weighted by molar-refractivity contribution is 0.198. The molecule has 0 aliphatic heterocycles. The molecular formula is C10H14O4. The molecule has 0 bridgehead atoms. The van der Waals surface area contributed by atoms with Crippen molar-refractivity contribution in [3.63, 3.8) is 0 Å². The second-order valence-electron chi connectivity index (χ2n) is 2.95. The SMILES string of the molecule is COc1cc(C(C)O)cc(O)c1OC. The maximum atomic E-state index is 9.54. The highest BCUT2D eigenvalue weighted by Crippen LogP contribution is 2.38. The lowest BCUT2D eigenvalue weighted by atomic mass is 10.1. The molecule has 14 heavy (non-hydrogen) atoms. The van der Waals surface area contributed by atoms with Crippen LogP contribution in [0.15, 0.2) is 12.1 Å². The zero-order valence-corrected chi connectivity index (χ0v) is 8.44. The van der Waals surface area contributed by atoms with Crippen molar-refractivity contribution in [3.8, 4) is 17.2 Å². The van der Waals surface area contributed by atoms with E-state index < -0.39 is 6.10 Å². The fourth-order valence-electron chi connectivity index (χ4n) is 1.21. The van der Waals surface area contributed by atoms with E-state index in [1.54, 1.807) is 13.0 Å². The van der Waals surface area contributed by atoms with Crippen molar-refractivity contribution in [2.24, 2.45) is 0 Å². The van der Waals surface area contributed by atoms with Crippen LogP contribution in [0.1, 0.15) is 18.6 Å². The number of aliphatic hydroxyl groups is 1. The van der Waals surface area contributed by atoms with Crippen LogP contribution >= 0.6 is 0 Å². The maximum Gasteiger partial charge on any atom is 0.203 e. The molecule has 0 saturated heterocycles. The molecule has 4 heteroatoms. The zero-order chi connectivity index (χ0) is 10.7. The lowest BCUT2D eigenvalue weighted by Gasteiger charge is -2.12.